The van der Waals surface area contributed by atoms with E-state index in [-0.39, 0.29) is 18.4 Å². The van der Waals surface area contributed by atoms with Crippen molar-refractivity contribution < 1.29 is 10.2 Å². The second-order valence-electron chi connectivity index (χ2n) is 7.89. The SMILES string of the molecule is OCC1c2ccccc2CCN1c1nc(-c2cccc(O)c2)nc(N2CCNCC2)n1. The van der Waals surface area contributed by atoms with E-state index in [1.165, 1.54) is 5.56 Å². The fraction of sp³-hybridized carbons (Fsp3) is 0.348. The molecular weight excluding hydrogens is 392 g/mol. The van der Waals surface area contributed by atoms with Crippen LogP contribution in [0.15, 0.2) is 48.5 Å². The van der Waals surface area contributed by atoms with Crippen LogP contribution in [-0.4, -0.2) is 64.5 Å². The van der Waals surface area contributed by atoms with Crippen molar-refractivity contribution in [3.8, 4) is 17.1 Å². The van der Waals surface area contributed by atoms with Crippen molar-refractivity contribution in [2.24, 2.45) is 0 Å². The number of aromatic nitrogens is 3. The van der Waals surface area contributed by atoms with Crippen LogP contribution in [0, 0.1) is 0 Å². The van der Waals surface area contributed by atoms with Gasteiger partial charge in [0.1, 0.15) is 5.75 Å². The van der Waals surface area contributed by atoms with Gasteiger partial charge in [-0.1, -0.05) is 36.4 Å². The predicted octanol–water partition coefficient (Wildman–Crippen LogP) is 1.75. The Balaban J connectivity index is 1.59. The van der Waals surface area contributed by atoms with Gasteiger partial charge in [0.15, 0.2) is 5.82 Å². The van der Waals surface area contributed by atoms with E-state index in [0.29, 0.717) is 24.3 Å². The van der Waals surface area contributed by atoms with Gasteiger partial charge in [0.25, 0.3) is 0 Å². The highest BCUT2D eigenvalue weighted by molar-refractivity contribution is 5.61. The topological polar surface area (TPSA) is 97.6 Å². The number of aromatic hydroxyl groups is 1. The number of rotatable bonds is 4. The molecule has 1 unspecified atom stereocenters. The highest BCUT2D eigenvalue weighted by Gasteiger charge is 2.30. The molecule has 0 amide bonds. The predicted molar refractivity (Wildman–Crippen MR) is 119 cm³/mol. The molecule has 1 saturated heterocycles. The van der Waals surface area contributed by atoms with Crippen molar-refractivity contribution in [1.29, 1.82) is 0 Å². The van der Waals surface area contributed by atoms with Crippen LogP contribution in [0.4, 0.5) is 11.9 Å². The monoisotopic (exact) mass is 418 g/mol. The van der Waals surface area contributed by atoms with Gasteiger partial charge in [-0.15, -0.1) is 0 Å². The van der Waals surface area contributed by atoms with Gasteiger partial charge in [-0.05, 0) is 29.7 Å². The maximum atomic E-state index is 10.2. The first-order chi connectivity index (χ1) is 15.2. The standard InChI is InChI=1S/C23H26N6O2/c30-15-20-19-7-2-1-4-16(19)8-11-29(20)23-26-21(17-5-3-6-18(31)14-17)25-22(27-23)28-12-9-24-10-13-28/h1-7,14,20,24,30-31H,8-13,15H2. The minimum absolute atomic E-state index is 0.0207. The third kappa shape index (κ3) is 3.92. The molecule has 5 rings (SSSR count). The van der Waals surface area contributed by atoms with Crippen molar-refractivity contribution in [2.45, 2.75) is 12.5 Å². The molecule has 3 aromatic rings. The van der Waals surface area contributed by atoms with E-state index >= 15 is 0 Å². The van der Waals surface area contributed by atoms with Gasteiger partial charge in [-0.25, -0.2) is 0 Å². The zero-order chi connectivity index (χ0) is 21.2. The smallest absolute Gasteiger partial charge is 0.231 e. The van der Waals surface area contributed by atoms with Crippen LogP contribution in [0.1, 0.15) is 17.2 Å². The molecule has 31 heavy (non-hydrogen) atoms. The second kappa shape index (κ2) is 8.49. The lowest BCUT2D eigenvalue weighted by Gasteiger charge is -2.37. The Morgan fingerprint density at radius 2 is 1.74 bits per heavy atom. The third-order valence-electron chi connectivity index (χ3n) is 5.96. The van der Waals surface area contributed by atoms with Crippen LogP contribution in [0.25, 0.3) is 11.4 Å². The zero-order valence-corrected chi connectivity index (χ0v) is 17.3. The molecule has 0 spiro atoms. The average Bonchev–Trinajstić information content (AvgIpc) is 2.83. The summed E-state index contributed by atoms with van der Waals surface area (Å²) in [7, 11) is 0. The molecule has 0 aliphatic carbocycles. The van der Waals surface area contributed by atoms with E-state index in [1.807, 2.05) is 18.2 Å². The molecule has 2 aromatic carbocycles. The van der Waals surface area contributed by atoms with Crippen LogP contribution >= 0.6 is 0 Å². The molecule has 0 bridgehead atoms. The Bertz CT molecular complexity index is 1070. The van der Waals surface area contributed by atoms with Gasteiger partial charge in [0, 0.05) is 38.3 Å². The Morgan fingerprint density at radius 1 is 0.935 bits per heavy atom. The lowest BCUT2D eigenvalue weighted by atomic mass is 9.93. The first kappa shape index (κ1) is 19.7. The number of anilines is 2. The molecule has 8 nitrogen and oxygen atoms in total. The maximum Gasteiger partial charge on any atom is 0.231 e. The van der Waals surface area contributed by atoms with E-state index < -0.39 is 0 Å². The molecule has 2 aliphatic rings. The molecule has 3 heterocycles. The fourth-order valence-corrected chi connectivity index (χ4v) is 4.35. The van der Waals surface area contributed by atoms with Gasteiger partial charge in [0.2, 0.25) is 11.9 Å². The summed E-state index contributed by atoms with van der Waals surface area (Å²) in [5, 5.41) is 23.6. The van der Waals surface area contributed by atoms with Gasteiger partial charge in [0.05, 0.1) is 12.6 Å². The van der Waals surface area contributed by atoms with Gasteiger partial charge in [-0.2, -0.15) is 15.0 Å². The Labute approximate surface area is 181 Å². The fourth-order valence-electron chi connectivity index (χ4n) is 4.35. The molecular formula is C23H26N6O2. The molecule has 0 radical (unpaired) electrons. The molecule has 1 fully saturated rings. The molecule has 0 saturated carbocycles. The largest absolute Gasteiger partial charge is 0.508 e. The summed E-state index contributed by atoms with van der Waals surface area (Å²) >= 11 is 0. The van der Waals surface area contributed by atoms with Crippen molar-refractivity contribution in [3.63, 3.8) is 0 Å². The van der Waals surface area contributed by atoms with Crippen LogP contribution in [0.3, 0.4) is 0 Å². The lowest BCUT2D eigenvalue weighted by Crippen LogP contribution is -2.45. The van der Waals surface area contributed by atoms with E-state index in [2.05, 4.69) is 27.2 Å². The highest BCUT2D eigenvalue weighted by atomic mass is 16.3. The molecule has 2 aliphatic heterocycles. The van der Waals surface area contributed by atoms with E-state index in [4.69, 9.17) is 15.0 Å². The van der Waals surface area contributed by atoms with Gasteiger partial charge >= 0.3 is 0 Å². The number of phenolic OH excluding ortho intramolecular Hbond substituents is 1. The number of hydrogen-bond donors (Lipinski definition) is 3. The number of fused-ring (bicyclic) bond motifs is 1. The summed E-state index contributed by atoms with van der Waals surface area (Å²) in [6.07, 6.45) is 0.864. The van der Waals surface area contributed by atoms with Crippen molar-refractivity contribution in [2.75, 3.05) is 49.1 Å². The number of hydrogen-bond acceptors (Lipinski definition) is 8. The molecule has 3 N–H and O–H groups in total. The van der Waals surface area contributed by atoms with Gasteiger partial charge in [-0.3, -0.25) is 0 Å². The summed E-state index contributed by atoms with van der Waals surface area (Å²) in [4.78, 5) is 18.6. The van der Waals surface area contributed by atoms with Crippen molar-refractivity contribution in [3.05, 3.63) is 59.7 Å². The Hall–Kier alpha value is -3.23. The third-order valence-corrected chi connectivity index (χ3v) is 5.96. The van der Waals surface area contributed by atoms with Crippen molar-refractivity contribution in [1.82, 2.24) is 20.3 Å². The molecule has 160 valence electrons. The summed E-state index contributed by atoms with van der Waals surface area (Å²) in [5.41, 5.74) is 3.10. The lowest BCUT2D eigenvalue weighted by molar-refractivity contribution is 0.256. The van der Waals surface area contributed by atoms with Crippen molar-refractivity contribution >= 4 is 11.9 Å². The molecule has 8 heteroatoms. The quantitative estimate of drug-likeness (QED) is 0.590. The van der Waals surface area contributed by atoms with Crippen LogP contribution in [0.2, 0.25) is 0 Å². The Kier molecular flexibility index (Phi) is 5.40. The summed E-state index contributed by atoms with van der Waals surface area (Å²) in [5.74, 6) is 1.86. The zero-order valence-electron chi connectivity index (χ0n) is 17.3. The number of aliphatic hydroxyl groups excluding tert-OH is 1. The first-order valence-electron chi connectivity index (χ1n) is 10.7. The van der Waals surface area contributed by atoms with E-state index in [1.54, 1.807) is 18.2 Å². The van der Waals surface area contributed by atoms with Crippen LogP contribution in [-0.2, 0) is 6.42 Å². The minimum Gasteiger partial charge on any atom is -0.508 e. The number of nitrogens with zero attached hydrogens (tertiary/aromatic N) is 5. The number of nitrogens with one attached hydrogen (secondary N) is 1. The number of piperazine rings is 1. The minimum atomic E-state index is -0.208. The van der Waals surface area contributed by atoms with Crippen LogP contribution < -0.4 is 15.1 Å². The highest BCUT2D eigenvalue weighted by Crippen LogP contribution is 2.33. The van der Waals surface area contributed by atoms with Crippen LogP contribution in [0.5, 0.6) is 5.75 Å². The first-order valence-corrected chi connectivity index (χ1v) is 10.7. The van der Waals surface area contributed by atoms with E-state index in [0.717, 1.165) is 43.7 Å². The molecule has 1 aromatic heterocycles. The summed E-state index contributed by atoms with van der Waals surface area (Å²) in [6, 6.07) is 15.0. The summed E-state index contributed by atoms with van der Waals surface area (Å²) in [6.45, 7) is 4.07. The normalized spacial score (nSPS) is 18.7. The Morgan fingerprint density at radius 3 is 2.55 bits per heavy atom. The number of phenols is 1. The second-order valence-corrected chi connectivity index (χ2v) is 7.89. The van der Waals surface area contributed by atoms with Gasteiger partial charge < -0.3 is 25.3 Å². The number of benzene rings is 2. The molecule has 1 atom stereocenters. The van der Waals surface area contributed by atoms with E-state index in [9.17, 15) is 10.2 Å². The number of aliphatic hydroxyl groups is 1. The maximum absolute atomic E-state index is 10.2. The summed E-state index contributed by atoms with van der Waals surface area (Å²) < 4.78 is 0. The average molecular weight is 419 g/mol.